The summed E-state index contributed by atoms with van der Waals surface area (Å²) in [7, 11) is 0. The minimum Gasteiger partial charge on any atom is -0.207 e. The topological polar surface area (TPSA) is 0 Å². The largest absolute Gasteiger partial charge is 0.207 e. The van der Waals surface area contributed by atoms with Gasteiger partial charge in [-0.05, 0) is 43.2 Å². The number of rotatable bonds is 4. The van der Waals surface area contributed by atoms with Gasteiger partial charge in [-0.15, -0.1) is 0 Å². The van der Waals surface area contributed by atoms with Gasteiger partial charge in [0.1, 0.15) is 11.6 Å². The van der Waals surface area contributed by atoms with Crippen LogP contribution in [0.25, 0.3) is 0 Å². The fourth-order valence-electron chi connectivity index (χ4n) is 3.09. The van der Waals surface area contributed by atoms with Gasteiger partial charge in [0.05, 0.1) is 0 Å². The lowest BCUT2D eigenvalue weighted by atomic mass is 9.78. The molecular formula is C15H19BrF2. The average molecular weight is 317 g/mol. The Bertz CT molecular complexity index is 391. The molecule has 0 saturated heterocycles. The summed E-state index contributed by atoms with van der Waals surface area (Å²) in [4.78, 5) is 0.156. The normalized spacial score (nSPS) is 20.0. The first-order valence-electron chi connectivity index (χ1n) is 6.66. The Labute approximate surface area is 116 Å². The Hall–Kier alpha value is -0.440. The molecule has 1 saturated carbocycles. The smallest absolute Gasteiger partial charge is 0.129 e. The van der Waals surface area contributed by atoms with Crippen molar-refractivity contribution in [3.8, 4) is 0 Å². The molecule has 18 heavy (non-hydrogen) atoms. The van der Waals surface area contributed by atoms with Crippen LogP contribution in [-0.2, 0) is 6.42 Å². The zero-order valence-electron chi connectivity index (χ0n) is 10.7. The minimum absolute atomic E-state index is 0.156. The lowest BCUT2D eigenvalue weighted by Gasteiger charge is -2.33. The van der Waals surface area contributed by atoms with E-state index in [1.54, 1.807) is 0 Å². The summed E-state index contributed by atoms with van der Waals surface area (Å²) in [6.45, 7) is 2.18. The van der Waals surface area contributed by atoms with Gasteiger partial charge in [-0.2, -0.15) is 0 Å². The van der Waals surface area contributed by atoms with Crippen molar-refractivity contribution >= 4 is 15.9 Å². The zero-order chi connectivity index (χ0) is 13.2. The van der Waals surface area contributed by atoms with Crippen LogP contribution in [0.15, 0.2) is 18.2 Å². The van der Waals surface area contributed by atoms with Crippen LogP contribution in [0.4, 0.5) is 8.78 Å². The molecule has 1 aliphatic carbocycles. The predicted molar refractivity (Wildman–Crippen MR) is 74.0 cm³/mol. The van der Waals surface area contributed by atoms with E-state index in [2.05, 4.69) is 22.9 Å². The molecule has 100 valence electrons. The van der Waals surface area contributed by atoms with E-state index in [0.717, 1.165) is 19.3 Å². The second kappa shape index (κ2) is 5.68. The molecule has 3 heteroatoms. The molecule has 0 radical (unpaired) electrons. The average Bonchev–Trinajstić information content (AvgIpc) is 2.84. The Morgan fingerprint density at radius 1 is 1.22 bits per heavy atom. The quantitative estimate of drug-likeness (QED) is 0.666. The number of hydrogen-bond acceptors (Lipinski definition) is 0. The van der Waals surface area contributed by atoms with Crippen molar-refractivity contribution in [1.82, 2.24) is 0 Å². The molecule has 2 rings (SSSR count). The maximum Gasteiger partial charge on any atom is 0.129 e. The Balaban J connectivity index is 2.18. The number of halogens is 3. The van der Waals surface area contributed by atoms with Crippen molar-refractivity contribution in [2.45, 2.75) is 50.3 Å². The van der Waals surface area contributed by atoms with Gasteiger partial charge in [0.15, 0.2) is 0 Å². The van der Waals surface area contributed by atoms with Crippen molar-refractivity contribution < 1.29 is 8.78 Å². The third kappa shape index (κ3) is 2.61. The van der Waals surface area contributed by atoms with E-state index in [1.807, 2.05) is 0 Å². The fourth-order valence-corrected chi connectivity index (χ4v) is 4.20. The van der Waals surface area contributed by atoms with Crippen LogP contribution in [0.5, 0.6) is 0 Å². The first-order valence-corrected chi connectivity index (χ1v) is 7.57. The number of hydrogen-bond donors (Lipinski definition) is 0. The lowest BCUT2D eigenvalue weighted by Crippen LogP contribution is -2.29. The molecule has 0 aromatic heterocycles. The zero-order valence-corrected chi connectivity index (χ0v) is 12.3. The van der Waals surface area contributed by atoms with Gasteiger partial charge in [-0.1, -0.05) is 41.8 Å². The first-order chi connectivity index (χ1) is 8.59. The molecule has 0 heterocycles. The molecule has 0 amide bonds. The van der Waals surface area contributed by atoms with Crippen LogP contribution in [-0.4, -0.2) is 4.83 Å². The molecule has 1 fully saturated rings. The van der Waals surface area contributed by atoms with Gasteiger partial charge in [0, 0.05) is 10.4 Å². The van der Waals surface area contributed by atoms with Crippen LogP contribution in [0.3, 0.4) is 0 Å². The molecule has 1 aromatic rings. The predicted octanol–water partition coefficient (Wildman–Crippen LogP) is 5.24. The lowest BCUT2D eigenvalue weighted by molar-refractivity contribution is 0.273. The Morgan fingerprint density at radius 2 is 1.78 bits per heavy atom. The maximum atomic E-state index is 13.7. The summed E-state index contributed by atoms with van der Waals surface area (Å²) in [6, 6.07) is 4.10. The summed E-state index contributed by atoms with van der Waals surface area (Å²) in [5.74, 6) is -0.854. The highest BCUT2D eigenvalue weighted by molar-refractivity contribution is 9.09. The van der Waals surface area contributed by atoms with E-state index in [4.69, 9.17) is 0 Å². The second-order valence-corrected chi connectivity index (χ2v) is 6.40. The molecule has 1 aliphatic rings. The van der Waals surface area contributed by atoms with Crippen molar-refractivity contribution in [2.75, 3.05) is 0 Å². The Kier molecular flexibility index (Phi) is 4.41. The molecule has 0 spiro atoms. The van der Waals surface area contributed by atoms with Crippen LogP contribution in [0, 0.1) is 17.0 Å². The van der Waals surface area contributed by atoms with Crippen LogP contribution >= 0.6 is 15.9 Å². The standard InChI is InChI=1S/C15H19BrF2/c1-2-15(8-3-4-9-15)14(16)10-11-12(17)6-5-7-13(11)18/h5-7,14H,2-4,8-10H2,1H3. The SMILES string of the molecule is CCC1(C(Br)Cc2c(F)cccc2F)CCCC1. The van der Waals surface area contributed by atoms with Crippen molar-refractivity contribution in [3.63, 3.8) is 0 Å². The third-order valence-corrected chi connectivity index (χ3v) is 5.71. The number of alkyl halides is 1. The highest BCUT2D eigenvalue weighted by atomic mass is 79.9. The summed E-state index contributed by atoms with van der Waals surface area (Å²) in [6.07, 6.45) is 6.29. The molecule has 0 nitrogen and oxygen atoms in total. The van der Waals surface area contributed by atoms with E-state index in [1.165, 1.54) is 31.0 Å². The molecule has 1 unspecified atom stereocenters. The van der Waals surface area contributed by atoms with Gasteiger partial charge in [0.25, 0.3) is 0 Å². The summed E-state index contributed by atoms with van der Waals surface area (Å²) < 4.78 is 27.3. The van der Waals surface area contributed by atoms with Gasteiger partial charge < -0.3 is 0 Å². The van der Waals surface area contributed by atoms with E-state index >= 15 is 0 Å². The van der Waals surface area contributed by atoms with Crippen LogP contribution < -0.4 is 0 Å². The van der Waals surface area contributed by atoms with Crippen LogP contribution in [0.2, 0.25) is 0 Å². The van der Waals surface area contributed by atoms with Crippen LogP contribution in [0.1, 0.15) is 44.6 Å². The molecule has 1 atom stereocenters. The van der Waals surface area contributed by atoms with Crippen molar-refractivity contribution in [3.05, 3.63) is 35.4 Å². The summed E-state index contributed by atoms with van der Waals surface area (Å²) >= 11 is 3.69. The minimum atomic E-state index is -0.427. The number of benzene rings is 1. The molecular weight excluding hydrogens is 298 g/mol. The molecule has 0 aliphatic heterocycles. The second-order valence-electron chi connectivity index (χ2n) is 5.29. The summed E-state index contributed by atoms with van der Waals surface area (Å²) in [5, 5.41) is 0. The van der Waals surface area contributed by atoms with Crippen molar-refractivity contribution in [2.24, 2.45) is 5.41 Å². The first kappa shape index (κ1) is 14.0. The fraction of sp³-hybridized carbons (Fsp3) is 0.600. The molecule has 0 bridgehead atoms. The maximum absolute atomic E-state index is 13.7. The molecule has 0 N–H and O–H groups in total. The monoisotopic (exact) mass is 316 g/mol. The van der Waals surface area contributed by atoms with E-state index in [9.17, 15) is 8.78 Å². The van der Waals surface area contributed by atoms with Crippen molar-refractivity contribution in [1.29, 1.82) is 0 Å². The van der Waals surface area contributed by atoms with Gasteiger partial charge in [-0.25, -0.2) is 8.78 Å². The van der Waals surface area contributed by atoms with Gasteiger partial charge >= 0.3 is 0 Å². The van der Waals surface area contributed by atoms with Gasteiger partial charge in [0.2, 0.25) is 0 Å². The van der Waals surface area contributed by atoms with Gasteiger partial charge in [-0.3, -0.25) is 0 Å². The third-order valence-electron chi connectivity index (χ3n) is 4.41. The highest BCUT2D eigenvalue weighted by Crippen LogP contribution is 2.47. The highest BCUT2D eigenvalue weighted by Gasteiger charge is 2.38. The molecule has 1 aromatic carbocycles. The summed E-state index contributed by atoms with van der Waals surface area (Å²) in [5.41, 5.74) is 0.438. The Morgan fingerprint density at radius 3 is 2.28 bits per heavy atom. The van der Waals surface area contributed by atoms with E-state index in [-0.39, 0.29) is 15.8 Å². The van der Waals surface area contributed by atoms with E-state index < -0.39 is 11.6 Å². The van der Waals surface area contributed by atoms with E-state index in [0.29, 0.717) is 6.42 Å².